The number of hydrogen-bond donors (Lipinski definition) is 2. The van der Waals surface area contributed by atoms with Crippen molar-refractivity contribution in [3.63, 3.8) is 0 Å². The van der Waals surface area contributed by atoms with Crippen LogP contribution in [0.5, 0.6) is 11.5 Å². The smallest absolute Gasteiger partial charge is 0.240 e. The molecule has 2 N–H and O–H groups in total. The van der Waals surface area contributed by atoms with Crippen LogP contribution in [0.15, 0.2) is 52.0 Å². The van der Waals surface area contributed by atoms with E-state index in [0.717, 1.165) is 34.4 Å². The number of fused-ring (bicyclic) bond motifs is 1. The van der Waals surface area contributed by atoms with E-state index in [1.807, 2.05) is 42.5 Å². The lowest BCUT2D eigenvalue weighted by Gasteiger charge is -2.05. The molecule has 0 aromatic heterocycles. The summed E-state index contributed by atoms with van der Waals surface area (Å²) in [6.07, 6.45) is 2.71. The lowest BCUT2D eigenvalue weighted by atomic mass is 10.2. The van der Waals surface area contributed by atoms with Gasteiger partial charge in [0.1, 0.15) is 0 Å². The molecule has 2 aromatic rings. The zero-order valence-corrected chi connectivity index (χ0v) is 15.1. The molecular weight excluding hydrogens is 386 g/mol. The van der Waals surface area contributed by atoms with Crippen molar-refractivity contribution in [3.05, 3.63) is 52.5 Å². The molecule has 1 aliphatic heterocycles. The van der Waals surface area contributed by atoms with Crippen LogP contribution < -0.4 is 20.2 Å². The number of amides is 1. The summed E-state index contributed by atoms with van der Waals surface area (Å²) in [5.41, 5.74) is 4.40. The summed E-state index contributed by atoms with van der Waals surface area (Å²) in [7, 11) is 0. The molecule has 130 valence electrons. The van der Waals surface area contributed by atoms with Gasteiger partial charge in [-0.25, -0.2) is 5.43 Å². The lowest BCUT2D eigenvalue weighted by molar-refractivity contribution is -0.121. The van der Waals surface area contributed by atoms with Gasteiger partial charge in [0.05, 0.1) is 6.21 Å². The first-order chi connectivity index (χ1) is 12.2. The Labute approximate surface area is 154 Å². The number of nitrogens with zero attached hydrogens (tertiary/aromatic N) is 1. The summed E-state index contributed by atoms with van der Waals surface area (Å²) in [5.74, 6) is 1.29. The normalized spacial score (nSPS) is 12.4. The first kappa shape index (κ1) is 17.3. The Morgan fingerprint density at radius 1 is 1.16 bits per heavy atom. The van der Waals surface area contributed by atoms with Crippen LogP contribution in [-0.2, 0) is 4.79 Å². The molecular formula is C18H18BrN3O3. The van der Waals surface area contributed by atoms with E-state index >= 15 is 0 Å². The molecule has 25 heavy (non-hydrogen) atoms. The minimum absolute atomic E-state index is 0.116. The van der Waals surface area contributed by atoms with E-state index in [1.165, 1.54) is 0 Å². The maximum absolute atomic E-state index is 11.8. The summed E-state index contributed by atoms with van der Waals surface area (Å²) >= 11 is 3.39. The van der Waals surface area contributed by atoms with Crippen molar-refractivity contribution in [3.8, 4) is 11.5 Å². The molecule has 2 aromatic carbocycles. The molecule has 0 bridgehead atoms. The van der Waals surface area contributed by atoms with Crippen LogP contribution in [0.3, 0.4) is 0 Å². The molecule has 7 heteroatoms. The molecule has 0 saturated heterocycles. The number of hydrazone groups is 1. The van der Waals surface area contributed by atoms with Crippen LogP contribution in [0.4, 0.5) is 5.69 Å². The third kappa shape index (κ3) is 5.22. The van der Waals surface area contributed by atoms with Gasteiger partial charge in [0.25, 0.3) is 0 Å². The second-order valence-corrected chi connectivity index (χ2v) is 6.36. The molecule has 0 radical (unpaired) electrons. The maximum Gasteiger partial charge on any atom is 0.240 e. The highest BCUT2D eigenvalue weighted by Gasteiger charge is 2.12. The van der Waals surface area contributed by atoms with Gasteiger partial charge in [-0.05, 0) is 54.4 Å². The van der Waals surface area contributed by atoms with Gasteiger partial charge in [0, 0.05) is 23.1 Å². The fourth-order valence-corrected chi connectivity index (χ4v) is 2.54. The molecule has 1 heterocycles. The van der Waals surface area contributed by atoms with E-state index in [0.29, 0.717) is 12.2 Å². The van der Waals surface area contributed by atoms with Crippen LogP contribution in [0.2, 0.25) is 0 Å². The van der Waals surface area contributed by atoms with Gasteiger partial charge in [-0.15, -0.1) is 0 Å². The molecule has 1 aliphatic rings. The number of hydrogen-bond acceptors (Lipinski definition) is 5. The number of carbonyl (C=O) groups excluding carboxylic acids is 1. The molecule has 6 nitrogen and oxygen atoms in total. The third-order valence-electron chi connectivity index (χ3n) is 3.55. The number of benzene rings is 2. The van der Waals surface area contributed by atoms with E-state index in [2.05, 4.69) is 31.8 Å². The highest BCUT2D eigenvalue weighted by molar-refractivity contribution is 9.10. The SMILES string of the molecule is O=C(CCCNc1ccc(Br)cc1)N/N=C\c1ccc2c(c1)OCO2. The summed E-state index contributed by atoms with van der Waals surface area (Å²) in [4.78, 5) is 11.8. The molecule has 0 fully saturated rings. The van der Waals surface area contributed by atoms with Gasteiger partial charge in [-0.2, -0.15) is 5.10 Å². The Hall–Kier alpha value is -2.54. The van der Waals surface area contributed by atoms with Crippen molar-refractivity contribution < 1.29 is 14.3 Å². The first-order valence-electron chi connectivity index (χ1n) is 7.92. The monoisotopic (exact) mass is 403 g/mol. The minimum atomic E-state index is -0.116. The Bertz CT molecular complexity index is 763. The van der Waals surface area contributed by atoms with Gasteiger partial charge in [0.15, 0.2) is 11.5 Å². The summed E-state index contributed by atoms with van der Waals surface area (Å²) < 4.78 is 11.6. The van der Waals surface area contributed by atoms with Gasteiger partial charge >= 0.3 is 0 Å². The molecule has 3 rings (SSSR count). The lowest BCUT2D eigenvalue weighted by Crippen LogP contribution is -2.18. The van der Waals surface area contributed by atoms with E-state index < -0.39 is 0 Å². The van der Waals surface area contributed by atoms with E-state index in [-0.39, 0.29) is 12.7 Å². The van der Waals surface area contributed by atoms with Crippen LogP contribution in [0.25, 0.3) is 0 Å². The Morgan fingerprint density at radius 3 is 2.80 bits per heavy atom. The third-order valence-corrected chi connectivity index (χ3v) is 4.08. The molecule has 0 aliphatic carbocycles. The quantitative estimate of drug-likeness (QED) is 0.421. The minimum Gasteiger partial charge on any atom is -0.454 e. The Kier molecular flexibility index (Phi) is 5.90. The van der Waals surface area contributed by atoms with Crippen molar-refractivity contribution >= 4 is 33.7 Å². The maximum atomic E-state index is 11.8. The largest absolute Gasteiger partial charge is 0.454 e. The van der Waals surface area contributed by atoms with Gasteiger partial charge in [0.2, 0.25) is 12.7 Å². The van der Waals surface area contributed by atoms with Crippen molar-refractivity contribution in [1.82, 2.24) is 5.43 Å². The van der Waals surface area contributed by atoms with Crippen LogP contribution in [0.1, 0.15) is 18.4 Å². The summed E-state index contributed by atoms with van der Waals surface area (Å²) in [5, 5.41) is 7.24. The van der Waals surface area contributed by atoms with Gasteiger partial charge in [-0.3, -0.25) is 4.79 Å². The average molecular weight is 404 g/mol. The Morgan fingerprint density at radius 2 is 1.96 bits per heavy atom. The number of carbonyl (C=O) groups is 1. The zero-order valence-electron chi connectivity index (χ0n) is 13.5. The molecule has 1 amide bonds. The molecule has 0 unspecified atom stereocenters. The van der Waals surface area contributed by atoms with Crippen LogP contribution in [0, 0.1) is 0 Å². The summed E-state index contributed by atoms with van der Waals surface area (Å²) in [6, 6.07) is 13.4. The second kappa shape index (κ2) is 8.53. The number of nitrogens with one attached hydrogen (secondary N) is 2. The first-order valence-corrected chi connectivity index (χ1v) is 8.71. The van der Waals surface area contributed by atoms with Crippen LogP contribution >= 0.6 is 15.9 Å². The van der Waals surface area contributed by atoms with E-state index in [4.69, 9.17) is 9.47 Å². The fraction of sp³-hybridized carbons (Fsp3) is 0.222. The Balaban J connectivity index is 1.35. The number of ether oxygens (including phenoxy) is 2. The fourth-order valence-electron chi connectivity index (χ4n) is 2.28. The van der Waals surface area contributed by atoms with E-state index in [9.17, 15) is 4.79 Å². The van der Waals surface area contributed by atoms with Gasteiger partial charge < -0.3 is 14.8 Å². The highest BCUT2D eigenvalue weighted by atomic mass is 79.9. The molecule has 0 saturated carbocycles. The molecule has 0 atom stereocenters. The average Bonchev–Trinajstić information content (AvgIpc) is 3.08. The second-order valence-electron chi connectivity index (χ2n) is 5.44. The van der Waals surface area contributed by atoms with Crippen molar-refractivity contribution in [1.29, 1.82) is 0 Å². The number of halogens is 1. The standard InChI is InChI=1S/C18H18BrN3O3/c19-14-4-6-15(7-5-14)20-9-1-2-18(23)22-21-11-13-3-8-16-17(10-13)25-12-24-16/h3-8,10-11,20H,1-2,9,12H2,(H,22,23)/b21-11-. The predicted octanol–water partition coefficient (Wildman–Crippen LogP) is 3.52. The van der Waals surface area contributed by atoms with Crippen molar-refractivity contribution in [2.45, 2.75) is 12.8 Å². The molecule has 0 spiro atoms. The van der Waals surface area contributed by atoms with Crippen LogP contribution in [-0.4, -0.2) is 25.5 Å². The van der Waals surface area contributed by atoms with Crippen molar-refractivity contribution in [2.24, 2.45) is 5.10 Å². The highest BCUT2D eigenvalue weighted by Crippen LogP contribution is 2.31. The van der Waals surface area contributed by atoms with E-state index in [1.54, 1.807) is 6.21 Å². The number of anilines is 1. The zero-order chi connectivity index (χ0) is 17.5. The topological polar surface area (TPSA) is 72.0 Å². The predicted molar refractivity (Wildman–Crippen MR) is 100 cm³/mol. The van der Waals surface area contributed by atoms with Gasteiger partial charge in [-0.1, -0.05) is 15.9 Å². The summed E-state index contributed by atoms with van der Waals surface area (Å²) in [6.45, 7) is 0.960. The number of rotatable bonds is 7. The van der Waals surface area contributed by atoms with Crippen molar-refractivity contribution in [2.75, 3.05) is 18.7 Å².